The highest BCUT2D eigenvalue weighted by Crippen LogP contribution is 2.36. The minimum atomic E-state index is -1.28. The number of aliphatic hydroxyl groups is 1. The molecule has 0 spiro atoms. The van der Waals surface area contributed by atoms with Gasteiger partial charge in [0.1, 0.15) is 17.5 Å². The van der Waals surface area contributed by atoms with Crippen molar-refractivity contribution in [3.63, 3.8) is 0 Å². The van der Waals surface area contributed by atoms with Gasteiger partial charge in [-0.2, -0.15) is 0 Å². The largest absolute Gasteiger partial charge is 0.438 e. The number of rotatable bonds is 8. The molecule has 1 aliphatic carbocycles. The topological polar surface area (TPSA) is 125 Å². The lowest BCUT2D eigenvalue weighted by Crippen LogP contribution is -2.50. The maximum absolute atomic E-state index is 14.4. The second-order valence-corrected chi connectivity index (χ2v) is 8.72. The molecule has 1 saturated heterocycles. The molecule has 4 rings (SSSR count). The van der Waals surface area contributed by atoms with Crippen molar-refractivity contribution in [2.75, 3.05) is 24.5 Å². The fourth-order valence-corrected chi connectivity index (χ4v) is 4.15. The third-order valence-electron chi connectivity index (χ3n) is 6.32. The molecule has 1 unspecified atom stereocenters. The number of aliphatic hydroxyl groups excluding tert-OH is 1. The van der Waals surface area contributed by atoms with E-state index in [1.54, 1.807) is 12.1 Å². The quantitative estimate of drug-likeness (QED) is 0.514. The van der Waals surface area contributed by atoms with Crippen LogP contribution in [-0.2, 0) is 4.79 Å². The van der Waals surface area contributed by atoms with E-state index < -0.39 is 29.2 Å². The first-order chi connectivity index (χ1) is 15.8. The summed E-state index contributed by atoms with van der Waals surface area (Å²) in [5.41, 5.74) is -0.504. The van der Waals surface area contributed by atoms with Gasteiger partial charge in [0.05, 0.1) is 17.4 Å². The first-order valence-corrected chi connectivity index (χ1v) is 11.1. The van der Waals surface area contributed by atoms with Crippen molar-refractivity contribution in [3.8, 4) is 0 Å². The monoisotopic (exact) mass is 458 g/mol. The van der Waals surface area contributed by atoms with Crippen molar-refractivity contribution >= 4 is 23.3 Å². The predicted octanol–water partition coefficient (Wildman–Crippen LogP) is 1.67. The second-order valence-electron chi connectivity index (χ2n) is 8.72. The van der Waals surface area contributed by atoms with Gasteiger partial charge in [0.15, 0.2) is 12.2 Å². The molecule has 9 nitrogen and oxygen atoms in total. The Kier molecular flexibility index (Phi) is 6.46. The number of ketones is 1. The molecular weight excluding hydrogens is 431 g/mol. The van der Waals surface area contributed by atoms with Gasteiger partial charge >= 0.3 is 0 Å². The summed E-state index contributed by atoms with van der Waals surface area (Å²) in [6.07, 6.45) is 3.80. The molecule has 2 amide bonds. The highest BCUT2D eigenvalue weighted by atomic mass is 19.1. The number of halogens is 1. The zero-order valence-corrected chi connectivity index (χ0v) is 18.3. The van der Waals surface area contributed by atoms with Crippen LogP contribution < -0.4 is 15.5 Å². The van der Waals surface area contributed by atoms with Crippen LogP contribution in [0.5, 0.6) is 0 Å². The lowest BCUT2D eigenvalue weighted by Gasteiger charge is -2.35. The Morgan fingerprint density at radius 3 is 2.64 bits per heavy atom. The minimum absolute atomic E-state index is 0.0623. The summed E-state index contributed by atoms with van der Waals surface area (Å²) in [6.45, 7) is 2.98. The molecule has 1 aliphatic heterocycles. The third-order valence-corrected chi connectivity index (χ3v) is 6.32. The average Bonchev–Trinajstić information content (AvgIpc) is 3.37. The van der Waals surface area contributed by atoms with Gasteiger partial charge in [0, 0.05) is 19.6 Å². The molecule has 2 aromatic rings. The number of piperidine rings is 1. The van der Waals surface area contributed by atoms with Gasteiger partial charge in [0.2, 0.25) is 11.7 Å². The highest BCUT2D eigenvalue weighted by Gasteiger charge is 2.51. The maximum atomic E-state index is 14.4. The Morgan fingerprint density at radius 1 is 1.30 bits per heavy atom. The number of carbonyl (C=O) groups is 3. The van der Waals surface area contributed by atoms with Gasteiger partial charge in [-0.15, -0.1) is 0 Å². The van der Waals surface area contributed by atoms with Crippen LogP contribution in [0, 0.1) is 11.7 Å². The van der Waals surface area contributed by atoms with E-state index in [4.69, 9.17) is 4.42 Å². The van der Waals surface area contributed by atoms with Crippen molar-refractivity contribution in [3.05, 3.63) is 47.9 Å². The van der Waals surface area contributed by atoms with Gasteiger partial charge in [-0.3, -0.25) is 14.4 Å². The summed E-state index contributed by atoms with van der Waals surface area (Å²) in [5.74, 6) is -1.68. The minimum Gasteiger partial charge on any atom is -0.438 e. The number of hydrogen-bond acceptors (Lipinski definition) is 7. The van der Waals surface area contributed by atoms with Crippen LogP contribution in [0.3, 0.4) is 0 Å². The van der Waals surface area contributed by atoms with Crippen LogP contribution >= 0.6 is 0 Å². The van der Waals surface area contributed by atoms with Crippen molar-refractivity contribution in [2.45, 2.75) is 44.2 Å². The zero-order valence-electron chi connectivity index (χ0n) is 18.3. The van der Waals surface area contributed by atoms with Crippen LogP contribution in [0.2, 0.25) is 0 Å². The highest BCUT2D eigenvalue weighted by molar-refractivity contribution is 6.04. The number of benzene rings is 1. The number of oxazole rings is 1. The number of Topliss-reactive ketones (excluding diaryl/α,β-unsaturated/α-hetero) is 1. The summed E-state index contributed by atoms with van der Waals surface area (Å²) < 4.78 is 19.3. The summed E-state index contributed by atoms with van der Waals surface area (Å²) >= 11 is 0. The van der Waals surface area contributed by atoms with Crippen LogP contribution in [0.4, 0.5) is 10.1 Å². The molecule has 0 bridgehead atoms. The predicted molar refractivity (Wildman–Crippen MR) is 116 cm³/mol. The van der Waals surface area contributed by atoms with Crippen molar-refractivity contribution < 1.29 is 28.3 Å². The van der Waals surface area contributed by atoms with Gasteiger partial charge in [-0.05, 0) is 50.7 Å². The Labute approximate surface area is 190 Å². The summed E-state index contributed by atoms with van der Waals surface area (Å²) in [7, 11) is 0. The van der Waals surface area contributed by atoms with E-state index in [0.29, 0.717) is 38.2 Å². The molecule has 10 heteroatoms. The number of nitrogens with one attached hydrogen (secondary N) is 2. The van der Waals surface area contributed by atoms with Crippen LogP contribution in [0.25, 0.3) is 0 Å². The third kappa shape index (κ3) is 4.90. The summed E-state index contributed by atoms with van der Waals surface area (Å²) in [5, 5.41) is 15.3. The normalized spacial score (nSPS) is 18.5. The molecule has 2 heterocycles. The van der Waals surface area contributed by atoms with Crippen LogP contribution in [0.15, 0.2) is 35.2 Å². The standard InChI is InChI=1S/C23H27FN4O5/c1-14(29)20(30)19-16(24)3-2-4-17(19)28-9-5-15(6-10-28)11-26-22(32)23(7-8-23)27-21(31)18-12-25-13-33-18/h2-4,12-15,29H,5-11H2,1H3,(H,26,32)(H,27,31). The summed E-state index contributed by atoms with van der Waals surface area (Å²) in [4.78, 5) is 42.9. The van der Waals surface area contributed by atoms with E-state index >= 15 is 0 Å². The second kappa shape index (κ2) is 9.30. The Bertz CT molecular complexity index is 1030. The van der Waals surface area contributed by atoms with E-state index in [-0.39, 0.29) is 23.1 Å². The molecule has 2 aliphatic rings. The van der Waals surface area contributed by atoms with E-state index in [1.807, 2.05) is 4.90 Å². The Balaban J connectivity index is 1.30. The molecule has 1 atom stereocenters. The smallest absolute Gasteiger partial charge is 0.289 e. The molecule has 1 saturated carbocycles. The number of hydrogen-bond donors (Lipinski definition) is 3. The van der Waals surface area contributed by atoms with Gasteiger partial charge in [0.25, 0.3) is 5.91 Å². The summed E-state index contributed by atoms with van der Waals surface area (Å²) in [6, 6.07) is 4.46. The Hall–Kier alpha value is -3.27. The van der Waals surface area contributed by atoms with E-state index in [0.717, 1.165) is 19.2 Å². The number of anilines is 1. The lowest BCUT2D eigenvalue weighted by molar-refractivity contribution is -0.124. The van der Waals surface area contributed by atoms with Crippen LogP contribution in [0.1, 0.15) is 53.5 Å². The van der Waals surface area contributed by atoms with E-state index in [1.165, 1.54) is 19.2 Å². The molecular formula is C23H27FN4O5. The lowest BCUT2D eigenvalue weighted by atomic mass is 9.94. The van der Waals surface area contributed by atoms with Gasteiger partial charge in [-0.25, -0.2) is 9.37 Å². The fourth-order valence-electron chi connectivity index (χ4n) is 4.15. The Morgan fingerprint density at radius 2 is 2.03 bits per heavy atom. The van der Waals surface area contributed by atoms with Gasteiger partial charge < -0.3 is 25.1 Å². The zero-order chi connectivity index (χ0) is 23.6. The molecule has 1 aromatic carbocycles. The fraction of sp³-hybridized carbons (Fsp3) is 0.478. The first-order valence-electron chi connectivity index (χ1n) is 11.1. The number of aromatic nitrogens is 1. The van der Waals surface area contributed by atoms with Crippen LogP contribution in [-0.4, -0.2) is 59.0 Å². The first kappa shape index (κ1) is 22.9. The van der Waals surface area contributed by atoms with E-state index in [9.17, 15) is 23.9 Å². The number of carbonyl (C=O) groups excluding carboxylic acids is 3. The molecule has 2 fully saturated rings. The molecule has 0 radical (unpaired) electrons. The van der Waals surface area contributed by atoms with Crippen molar-refractivity contribution in [1.82, 2.24) is 15.6 Å². The number of amides is 2. The van der Waals surface area contributed by atoms with E-state index in [2.05, 4.69) is 15.6 Å². The molecule has 3 N–H and O–H groups in total. The average molecular weight is 458 g/mol. The molecule has 1 aromatic heterocycles. The van der Waals surface area contributed by atoms with Gasteiger partial charge in [-0.1, -0.05) is 6.07 Å². The maximum Gasteiger partial charge on any atom is 0.289 e. The van der Waals surface area contributed by atoms with Crippen molar-refractivity contribution in [2.24, 2.45) is 5.92 Å². The number of nitrogens with zero attached hydrogens (tertiary/aromatic N) is 2. The SMILES string of the molecule is CC(O)C(=O)c1c(F)cccc1N1CCC(CNC(=O)C2(NC(=O)c3cnco3)CC2)CC1. The van der Waals surface area contributed by atoms with Crippen molar-refractivity contribution in [1.29, 1.82) is 0 Å². The molecule has 176 valence electrons. The molecule has 33 heavy (non-hydrogen) atoms.